The predicted octanol–water partition coefficient (Wildman–Crippen LogP) is 5.00. The average molecular weight is 419 g/mol. The lowest BCUT2D eigenvalue weighted by Gasteiger charge is -2.36. The molecule has 0 aromatic heterocycles. The molecule has 0 saturated carbocycles. The average Bonchev–Trinajstić information content (AvgIpc) is 3.58. The van der Waals surface area contributed by atoms with E-state index in [0.717, 1.165) is 16.7 Å². The summed E-state index contributed by atoms with van der Waals surface area (Å²) in [7, 11) is -1.45. The Morgan fingerprint density at radius 2 is 1.20 bits per heavy atom. The van der Waals surface area contributed by atoms with Gasteiger partial charge in [0.25, 0.3) is 0 Å². The Morgan fingerprint density at radius 3 is 1.53 bits per heavy atom. The summed E-state index contributed by atoms with van der Waals surface area (Å²) < 4.78 is 12.6. The first-order valence-corrected chi connectivity index (χ1v) is 14.1. The second-order valence-electron chi connectivity index (χ2n) is 9.04. The quantitative estimate of drug-likeness (QED) is 0.318. The van der Waals surface area contributed by atoms with Crippen molar-refractivity contribution in [3.8, 4) is 0 Å². The molecule has 30 heavy (non-hydrogen) atoms. The van der Waals surface area contributed by atoms with Crippen molar-refractivity contribution >= 4 is 8.07 Å². The number of hydrogen-bond acceptors (Lipinski definition) is 3. The maximum Gasteiger partial charge on any atom is 0.143 e. The van der Waals surface area contributed by atoms with Crippen LogP contribution in [0.1, 0.15) is 16.7 Å². The molecule has 3 aromatic rings. The summed E-state index contributed by atoms with van der Waals surface area (Å²) in [5.41, 5.74) is 2.48. The third kappa shape index (κ3) is 4.14. The van der Waals surface area contributed by atoms with Gasteiger partial charge >= 0.3 is 0 Å². The van der Waals surface area contributed by atoms with E-state index >= 15 is 0 Å². The summed E-state index contributed by atoms with van der Waals surface area (Å²) in [5, 5.41) is 10.9. The van der Waals surface area contributed by atoms with Gasteiger partial charge in [-0.2, -0.15) is 0 Å². The first-order chi connectivity index (χ1) is 14.4. The maximum atomic E-state index is 10.9. The van der Waals surface area contributed by atoms with Crippen LogP contribution in [0.3, 0.4) is 0 Å². The fourth-order valence-corrected chi connectivity index (χ4v) is 5.96. The standard InChI is InChI=1S/C26H30O3Si/c1-30(2,3)25-24(29-25)23(27)19-28-26(20-13-7-4-8-14-20,21-15-9-5-10-16-21)22-17-11-6-12-18-22/h4-18,23-25,27H,19H2,1-3H3/t23-,24+,25+/m1/s1. The first-order valence-electron chi connectivity index (χ1n) is 10.6. The van der Waals surface area contributed by atoms with Crippen molar-refractivity contribution in [2.45, 2.75) is 43.2 Å². The lowest BCUT2D eigenvalue weighted by atomic mass is 9.80. The highest BCUT2D eigenvalue weighted by molar-refractivity contribution is 6.78. The highest BCUT2D eigenvalue weighted by atomic mass is 28.3. The van der Waals surface area contributed by atoms with Crippen molar-refractivity contribution in [3.63, 3.8) is 0 Å². The number of epoxide rings is 1. The fourth-order valence-electron chi connectivity index (χ4n) is 4.19. The third-order valence-corrected chi connectivity index (χ3v) is 7.94. The fraction of sp³-hybridized carbons (Fsp3) is 0.308. The minimum absolute atomic E-state index is 0.128. The summed E-state index contributed by atoms with van der Waals surface area (Å²) in [6.07, 6.45) is -0.783. The zero-order valence-electron chi connectivity index (χ0n) is 17.9. The molecule has 156 valence electrons. The summed E-state index contributed by atoms with van der Waals surface area (Å²) in [4.78, 5) is 0. The van der Waals surface area contributed by atoms with Crippen molar-refractivity contribution in [3.05, 3.63) is 108 Å². The molecule has 0 spiro atoms. The van der Waals surface area contributed by atoms with Crippen molar-refractivity contribution in [2.24, 2.45) is 0 Å². The van der Waals surface area contributed by atoms with Crippen LogP contribution in [-0.2, 0) is 15.1 Å². The molecule has 4 rings (SSSR count). The van der Waals surface area contributed by atoms with Gasteiger partial charge in [0.05, 0.1) is 20.4 Å². The highest BCUT2D eigenvalue weighted by Gasteiger charge is 2.52. The Balaban J connectivity index is 1.72. The van der Waals surface area contributed by atoms with Gasteiger partial charge in [0.15, 0.2) is 0 Å². The van der Waals surface area contributed by atoms with Gasteiger partial charge in [0.1, 0.15) is 17.8 Å². The van der Waals surface area contributed by atoms with Gasteiger partial charge in [-0.3, -0.25) is 0 Å². The second-order valence-corrected chi connectivity index (χ2v) is 14.3. The van der Waals surface area contributed by atoms with Crippen molar-refractivity contribution in [2.75, 3.05) is 6.61 Å². The van der Waals surface area contributed by atoms with E-state index in [1.54, 1.807) is 0 Å². The van der Waals surface area contributed by atoms with Crippen LogP contribution in [0.15, 0.2) is 91.0 Å². The van der Waals surface area contributed by atoms with Gasteiger partial charge in [-0.1, -0.05) is 111 Å². The van der Waals surface area contributed by atoms with Gasteiger partial charge in [-0.05, 0) is 16.7 Å². The van der Waals surface area contributed by atoms with E-state index < -0.39 is 19.8 Å². The largest absolute Gasteiger partial charge is 0.388 e. The predicted molar refractivity (Wildman–Crippen MR) is 123 cm³/mol. The minimum Gasteiger partial charge on any atom is -0.388 e. The van der Waals surface area contributed by atoms with Crippen LogP contribution in [0.5, 0.6) is 0 Å². The number of benzene rings is 3. The molecule has 0 amide bonds. The number of aliphatic hydroxyl groups is 1. The summed E-state index contributed by atoms with van der Waals surface area (Å²) >= 11 is 0. The molecule has 0 bridgehead atoms. The molecule has 0 unspecified atom stereocenters. The van der Waals surface area contributed by atoms with Gasteiger partial charge in [0, 0.05) is 0 Å². The molecule has 3 aromatic carbocycles. The molecule has 1 saturated heterocycles. The van der Waals surface area contributed by atoms with Crippen LogP contribution in [0.25, 0.3) is 0 Å². The van der Waals surface area contributed by atoms with Gasteiger partial charge in [-0.25, -0.2) is 0 Å². The molecule has 4 heteroatoms. The molecule has 3 nitrogen and oxygen atoms in total. The van der Waals surface area contributed by atoms with Gasteiger partial charge in [-0.15, -0.1) is 0 Å². The molecule has 0 radical (unpaired) electrons. The van der Waals surface area contributed by atoms with Crippen molar-refractivity contribution < 1.29 is 14.6 Å². The van der Waals surface area contributed by atoms with Crippen LogP contribution in [0.2, 0.25) is 19.6 Å². The molecule has 0 aliphatic carbocycles. The van der Waals surface area contributed by atoms with Crippen LogP contribution < -0.4 is 0 Å². The second kappa shape index (κ2) is 8.48. The highest BCUT2D eigenvalue weighted by Crippen LogP contribution is 2.41. The monoisotopic (exact) mass is 418 g/mol. The minimum atomic E-state index is -1.45. The topological polar surface area (TPSA) is 42.0 Å². The molecule has 1 fully saturated rings. The van der Waals surface area contributed by atoms with Crippen LogP contribution >= 0.6 is 0 Å². The number of aliphatic hydroxyl groups excluding tert-OH is 1. The Labute approximate surface area is 180 Å². The Kier molecular flexibility index (Phi) is 5.94. The lowest BCUT2D eigenvalue weighted by Crippen LogP contribution is -2.39. The number of ether oxygens (including phenoxy) is 2. The Bertz CT molecular complexity index is 842. The van der Waals surface area contributed by atoms with Gasteiger partial charge in [0.2, 0.25) is 0 Å². The molecule has 3 atom stereocenters. The van der Waals surface area contributed by atoms with Crippen LogP contribution in [0, 0.1) is 0 Å². The first kappa shape index (κ1) is 21.0. The molecule has 1 N–H and O–H groups in total. The SMILES string of the molecule is C[Si](C)(C)[C@@H]1O[C@H]1[C@H](O)COC(c1ccccc1)(c1ccccc1)c1ccccc1. The summed E-state index contributed by atoms with van der Waals surface area (Å²) in [6, 6.07) is 30.7. The van der Waals surface area contributed by atoms with E-state index in [1.165, 1.54) is 0 Å². The van der Waals surface area contributed by atoms with E-state index in [1.807, 2.05) is 54.6 Å². The summed E-state index contributed by atoms with van der Waals surface area (Å²) in [6.45, 7) is 7.01. The maximum absolute atomic E-state index is 10.9. The molecule has 1 heterocycles. The molecular formula is C26H30O3Si. The van der Waals surface area contributed by atoms with Crippen molar-refractivity contribution in [1.29, 1.82) is 0 Å². The number of rotatable bonds is 8. The van der Waals surface area contributed by atoms with Gasteiger partial charge < -0.3 is 14.6 Å². The molecule has 1 aliphatic heterocycles. The lowest BCUT2D eigenvalue weighted by molar-refractivity contribution is -0.0449. The molecular weight excluding hydrogens is 388 g/mol. The van der Waals surface area contributed by atoms with E-state index in [9.17, 15) is 5.11 Å². The molecule has 1 aliphatic rings. The number of hydrogen-bond donors (Lipinski definition) is 1. The summed E-state index contributed by atoms with van der Waals surface area (Å²) in [5.74, 6) is 0. The zero-order chi connectivity index (χ0) is 21.2. The Morgan fingerprint density at radius 1 is 0.800 bits per heavy atom. The van der Waals surface area contributed by atoms with Crippen molar-refractivity contribution in [1.82, 2.24) is 0 Å². The van der Waals surface area contributed by atoms with E-state index in [2.05, 4.69) is 56.0 Å². The van der Waals surface area contributed by atoms with Crippen LogP contribution in [0.4, 0.5) is 0 Å². The Hall–Kier alpha value is -2.24. The van der Waals surface area contributed by atoms with E-state index in [4.69, 9.17) is 9.47 Å². The third-order valence-electron chi connectivity index (χ3n) is 5.77. The normalized spacial score (nSPS) is 20.0. The smallest absolute Gasteiger partial charge is 0.143 e. The van der Waals surface area contributed by atoms with E-state index in [0.29, 0.717) is 0 Å². The zero-order valence-corrected chi connectivity index (χ0v) is 18.9. The van der Waals surface area contributed by atoms with E-state index in [-0.39, 0.29) is 18.4 Å². The van der Waals surface area contributed by atoms with Crippen LogP contribution in [-0.4, -0.2) is 37.7 Å².